The second-order valence-electron chi connectivity index (χ2n) is 6.14. The molecule has 24 heavy (non-hydrogen) atoms. The van der Waals surface area contributed by atoms with Crippen LogP contribution >= 0.6 is 0 Å². The predicted molar refractivity (Wildman–Crippen MR) is 94.2 cm³/mol. The summed E-state index contributed by atoms with van der Waals surface area (Å²) in [5.41, 5.74) is 3.79. The molecular formula is C22H16O2. The average molecular weight is 312 g/mol. The molecule has 0 aliphatic carbocycles. The number of fused-ring (bicyclic) bond motifs is 4. The van der Waals surface area contributed by atoms with Crippen LogP contribution in [0.2, 0.25) is 0 Å². The lowest BCUT2D eigenvalue weighted by Crippen LogP contribution is -2.43. The molecule has 0 unspecified atom stereocenters. The molecule has 0 saturated heterocycles. The SMILES string of the molecule is C1=C2COc3ccccc3[C@@]2(c2ccccc2)Oc2ccccc21. The molecule has 2 heterocycles. The van der Waals surface area contributed by atoms with E-state index in [0.29, 0.717) is 6.61 Å². The lowest BCUT2D eigenvalue weighted by Gasteiger charge is -2.44. The first-order chi connectivity index (χ1) is 11.9. The van der Waals surface area contributed by atoms with Gasteiger partial charge in [-0.1, -0.05) is 66.7 Å². The Bertz CT molecular complexity index is 943. The van der Waals surface area contributed by atoms with E-state index in [4.69, 9.17) is 9.47 Å². The van der Waals surface area contributed by atoms with Gasteiger partial charge < -0.3 is 9.47 Å². The van der Waals surface area contributed by atoms with E-state index in [1.54, 1.807) is 0 Å². The van der Waals surface area contributed by atoms with Crippen molar-refractivity contribution >= 4 is 6.08 Å². The standard InChI is InChI=1S/C22H16O2/c1-2-9-17(10-3-1)22-18(14-16-8-4-6-12-20(16)24-22)15-23-21-13-7-5-11-19(21)22/h1-14H,15H2/t22-/m0/s1. The molecular weight excluding hydrogens is 296 g/mol. The van der Waals surface area contributed by atoms with E-state index in [0.717, 1.165) is 33.8 Å². The molecule has 0 saturated carbocycles. The highest BCUT2D eigenvalue weighted by atomic mass is 16.5. The Balaban J connectivity index is 1.84. The Morgan fingerprint density at radius 3 is 2.29 bits per heavy atom. The summed E-state index contributed by atoms with van der Waals surface area (Å²) in [6, 6.07) is 26.7. The van der Waals surface area contributed by atoms with Gasteiger partial charge in [0.2, 0.25) is 0 Å². The number of hydrogen-bond acceptors (Lipinski definition) is 2. The highest BCUT2D eigenvalue weighted by molar-refractivity contribution is 5.70. The number of para-hydroxylation sites is 2. The first kappa shape index (κ1) is 13.4. The third-order valence-corrected chi connectivity index (χ3v) is 4.79. The summed E-state index contributed by atoms with van der Waals surface area (Å²) in [6.07, 6.45) is 2.21. The zero-order valence-corrected chi connectivity index (χ0v) is 13.1. The van der Waals surface area contributed by atoms with E-state index in [2.05, 4.69) is 42.5 Å². The van der Waals surface area contributed by atoms with Crippen molar-refractivity contribution < 1.29 is 9.47 Å². The van der Waals surface area contributed by atoms with Crippen molar-refractivity contribution in [3.05, 3.63) is 101 Å². The fourth-order valence-corrected chi connectivity index (χ4v) is 3.70. The summed E-state index contributed by atoms with van der Waals surface area (Å²) < 4.78 is 12.7. The first-order valence-electron chi connectivity index (χ1n) is 8.15. The summed E-state index contributed by atoms with van der Waals surface area (Å²) in [5.74, 6) is 1.79. The highest BCUT2D eigenvalue weighted by Crippen LogP contribution is 2.51. The van der Waals surface area contributed by atoms with Crippen LogP contribution in [0.3, 0.4) is 0 Å². The van der Waals surface area contributed by atoms with Crippen LogP contribution < -0.4 is 9.47 Å². The third kappa shape index (κ3) is 1.77. The molecule has 0 aromatic heterocycles. The molecule has 0 bridgehead atoms. The van der Waals surface area contributed by atoms with Crippen molar-refractivity contribution in [2.45, 2.75) is 5.60 Å². The maximum Gasteiger partial charge on any atom is 0.187 e. The van der Waals surface area contributed by atoms with Crippen molar-refractivity contribution in [3.63, 3.8) is 0 Å². The van der Waals surface area contributed by atoms with Crippen molar-refractivity contribution in [1.29, 1.82) is 0 Å². The predicted octanol–water partition coefficient (Wildman–Crippen LogP) is 4.80. The molecule has 1 atom stereocenters. The Morgan fingerprint density at radius 2 is 1.42 bits per heavy atom. The lowest BCUT2D eigenvalue weighted by atomic mass is 9.76. The third-order valence-electron chi connectivity index (χ3n) is 4.79. The van der Waals surface area contributed by atoms with E-state index < -0.39 is 5.60 Å². The minimum atomic E-state index is -0.621. The van der Waals surface area contributed by atoms with Gasteiger partial charge in [-0.2, -0.15) is 0 Å². The molecule has 2 nitrogen and oxygen atoms in total. The Labute approximate surface area is 141 Å². The van der Waals surface area contributed by atoms with E-state index in [1.165, 1.54) is 0 Å². The van der Waals surface area contributed by atoms with Crippen molar-refractivity contribution in [2.24, 2.45) is 0 Å². The molecule has 2 aliphatic rings. The number of ether oxygens (including phenoxy) is 2. The van der Waals surface area contributed by atoms with Gasteiger partial charge in [-0.25, -0.2) is 0 Å². The van der Waals surface area contributed by atoms with Crippen molar-refractivity contribution in [3.8, 4) is 11.5 Å². The average Bonchev–Trinajstić information content (AvgIpc) is 2.67. The summed E-state index contributed by atoms with van der Waals surface area (Å²) >= 11 is 0. The summed E-state index contributed by atoms with van der Waals surface area (Å²) in [4.78, 5) is 0. The van der Waals surface area contributed by atoms with Gasteiger partial charge >= 0.3 is 0 Å². The van der Waals surface area contributed by atoms with E-state index >= 15 is 0 Å². The van der Waals surface area contributed by atoms with E-state index in [-0.39, 0.29) is 0 Å². The van der Waals surface area contributed by atoms with Gasteiger partial charge in [0.15, 0.2) is 5.60 Å². The van der Waals surface area contributed by atoms with E-state index in [1.807, 2.05) is 42.5 Å². The van der Waals surface area contributed by atoms with Crippen LogP contribution in [0.15, 0.2) is 84.4 Å². The molecule has 0 N–H and O–H groups in total. The molecule has 116 valence electrons. The minimum absolute atomic E-state index is 0.528. The lowest BCUT2D eigenvalue weighted by molar-refractivity contribution is 0.112. The normalized spacial score (nSPS) is 20.6. The highest BCUT2D eigenvalue weighted by Gasteiger charge is 2.47. The fraction of sp³-hybridized carbons (Fsp3) is 0.0909. The minimum Gasteiger partial charge on any atom is -0.489 e. The summed E-state index contributed by atoms with van der Waals surface area (Å²) in [6.45, 7) is 0.528. The number of hydrogen-bond donors (Lipinski definition) is 0. The fourth-order valence-electron chi connectivity index (χ4n) is 3.70. The topological polar surface area (TPSA) is 18.5 Å². The molecule has 2 aliphatic heterocycles. The van der Waals surface area contributed by atoms with Crippen LogP contribution in [0.25, 0.3) is 6.08 Å². The van der Waals surface area contributed by atoms with E-state index in [9.17, 15) is 0 Å². The Kier molecular flexibility index (Phi) is 2.80. The summed E-state index contributed by atoms with van der Waals surface area (Å²) in [5, 5.41) is 0. The second-order valence-corrected chi connectivity index (χ2v) is 6.14. The van der Waals surface area contributed by atoms with Gasteiger partial charge in [0.25, 0.3) is 0 Å². The molecule has 0 amide bonds. The molecule has 0 radical (unpaired) electrons. The number of rotatable bonds is 1. The molecule has 0 fully saturated rings. The second kappa shape index (κ2) is 5.00. The van der Waals surface area contributed by atoms with Crippen LogP contribution in [-0.2, 0) is 5.60 Å². The zero-order chi connectivity index (χ0) is 16.0. The molecule has 2 heteroatoms. The molecule has 5 rings (SSSR count). The summed E-state index contributed by atoms with van der Waals surface area (Å²) in [7, 11) is 0. The maximum absolute atomic E-state index is 6.69. The van der Waals surface area contributed by atoms with Gasteiger partial charge in [-0.05, 0) is 18.2 Å². The van der Waals surface area contributed by atoms with Gasteiger partial charge in [0.05, 0.1) is 0 Å². The van der Waals surface area contributed by atoms with Gasteiger partial charge in [0.1, 0.15) is 18.1 Å². The van der Waals surface area contributed by atoms with Crippen molar-refractivity contribution in [1.82, 2.24) is 0 Å². The Morgan fingerprint density at radius 1 is 0.708 bits per heavy atom. The number of benzene rings is 3. The molecule has 3 aromatic rings. The smallest absolute Gasteiger partial charge is 0.187 e. The maximum atomic E-state index is 6.69. The van der Waals surface area contributed by atoms with Crippen LogP contribution in [0, 0.1) is 0 Å². The monoisotopic (exact) mass is 312 g/mol. The van der Waals surface area contributed by atoms with Crippen LogP contribution in [0.1, 0.15) is 16.7 Å². The van der Waals surface area contributed by atoms with Gasteiger partial charge in [-0.15, -0.1) is 0 Å². The quantitative estimate of drug-likeness (QED) is 0.642. The molecule has 0 spiro atoms. The Hall–Kier alpha value is -3.00. The van der Waals surface area contributed by atoms with Gasteiger partial charge in [-0.3, -0.25) is 0 Å². The van der Waals surface area contributed by atoms with Crippen LogP contribution in [0.4, 0.5) is 0 Å². The largest absolute Gasteiger partial charge is 0.489 e. The van der Waals surface area contributed by atoms with Crippen LogP contribution in [-0.4, -0.2) is 6.61 Å². The van der Waals surface area contributed by atoms with Gasteiger partial charge in [0, 0.05) is 22.3 Å². The zero-order valence-electron chi connectivity index (χ0n) is 13.1. The van der Waals surface area contributed by atoms with Crippen molar-refractivity contribution in [2.75, 3.05) is 6.61 Å². The molecule has 3 aromatic carbocycles. The first-order valence-corrected chi connectivity index (χ1v) is 8.15. The van der Waals surface area contributed by atoms with Crippen LogP contribution in [0.5, 0.6) is 11.5 Å².